The van der Waals surface area contributed by atoms with Gasteiger partial charge in [-0.1, -0.05) is 68.0 Å². The number of fused-ring (bicyclic) bond motifs is 1. The highest BCUT2D eigenvalue weighted by Crippen LogP contribution is 2.09. The van der Waals surface area contributed by atoms with Crippen molar-refractivity contribution in [3.05, 3.63) is 58.0 Å². The molecule has 0 saturated carbocycles. The van der Waals surface area contributed by atoms with E-state index in [4.69, 9.17) is 0 Å². The van der Waals surface area contributed by atoms with Crippen LogP contribution in [-0.2, 0) is 0 Å². The van der Waals surface area contributed by atoms with Gasteiger partial charge in [0.15, 0.2) is 0 Å². The van der Waals surface area contributed by atoms with Crippen molar-refractivity contribution in [3.63, 3.8) is 0 Å². The van der Waals surface area contributed by atoms with Crippen LogP contribution in [0, 0.1) is 6.92 Å². The van der Waals surface area contributed by atoms with Crippen molar-refractivity contribution in [1.29, 1.82) is 0 Å². The van der Waals surface area contributed by atoms with Crippen LogP contribution in [0.15, 0.2) is 36.4 Å². The highest BCUT2D eigenvalue weighted by molar-refractivity contribution is 5.51. The van der Waals surface area contributed by atoms with E-state index >= 15 is 0 Å². The smallest absolute Gasteiger partial charge is 0.0149 e. The summed E-state index contributed by atoms with van der Waals surface area (Å²) in [6.07, 6.45) is 12.8. The minimum absolute atomic E-state index is 0.565. The quantitative estimate of drug-likeness (QED) is 0.668. The van der Waals surface area contributed by atoms with Crippen molar-refractivity contribution in [2.45, 2.75) is 26.7 Å². The predicted octanol–water partition coefficient (Wildman–Crippen LogP) is 2.81. The van der Waals surface area contributed by atoms with Crippen molar-refractivity contribution >= 4 is 12.2 Å². The molecule has 0 heterocycles. The Kier molecular flexibility index (Phi) is 3.09. The van der Waals surface area contributed by atoms with Gasteiger partial charge in [0.1, 0.15) is 0 Å². The molecule has 1 aliphatic carbocycles. The minimum Gasteiger partial charge on any atom is -0.0622 e. The van der Waals surface area contributed by atoms with E-state index in [1.807, 2.05) is 0 Å². The van der Waals surface area contributed by atoms with E-state index < -0.39 is 0 Å². The lowest BCUT2D eigenvalue weighted by Gasteiger charge is -2.09. The summed E-state index contributed by atoms with van der Waals surface area (Å²) >= 11 is 0. The van der Waals surface area contributed by atoms with Crippen molar-refractivity contribution in [1.82, 2.24) is 0 Å². The molecule has 0 heteroatoms. The lowest BCUT2D eigenvalue weighted by Crippen LogP contribution is -2.29. The van der Waals surface area contributed by atoms with Crippen molar-refractivity contribution in [2.75, 3.05) is 0 Å². The maximum absolute atomic E-state index is 2.30. The zero-order valence-electron chi connectivity index (χ0n) is 10.2. The molecule has 0 aromatic heterocycles. The summed E-state index contributed by atoms with van der Waals surface area (Å²) in [6, 6.07) is 4.55. The van der Waals surface area contributed by atoms with Crippen LogP contribution in [0.4, 0.5) is 0 Å². The molecule has 16 heavy (non-hydrogen) atoms. The molecule has 82 valence electrons. The highest BCUT2D eigenvalue weighted by atomic mass is 14.1. The van der Waals surface area contributed by atoms with Gasteiger partial charge in [-0.3, -0.25) is 0 Å². The van der Waals surface area contributed by atoms with E-state index in [1.165, 1.54) is 21.6 Å². The summed E-state index contributed by atoms with van der Waals surface area (Å²) in [5.41, 5.74) is 2.77. The number of rotatable bonds is 1. The summed E-state index contributed by atoms with van der Waals surface area (Å²) in [5.74, 6) is 0.565. The minimum atomic E-state index is 0.565. The highest BCUT2D eigenvalue weighted by Gasteiger charge is 2.03. The van der Waals surface area contributed by atoms with Crippen LogP contribution in [0.25, 0.3) is 12.2 Å². The molecule has 0 unspecified atom stereocenters. The molecule has 0 saturated heterocycles. The average Bonchev–Trinajstić information content (AvgIpc) is 2.19. The monoisotopic (exact) mass is 210 g/mol. The van der Waals surface area contributed by atoms with Crippen LogP contribution < -0.4 is 10.4 Å². The Balaban J connectivity index is 2.84. The Hall–Kier alpha value is -1.56. The van der Waals surface area contributed by atoms with E-state index in [2.05, 4.69) is 69.4 Å². The maximum Gasteiger partial charge on any atom is -0.0149 e. The van der Waals surface area contributed by atoms with Crippen LogP contribution in [-0.4, -0.2) is 0 Å². The largest absolute Gasteiger partial charge is 0.0622 e. The molecule has 0 atom stereocenters. The predicted molar refractivity (Wildman–Crippen MR) is 71.7 cm³/mol. The Bertz CT molecular complexity index is 554. The third-order valence-corrected chi connectivity index (χ3v) is 2.88. The summed E-state index contributed by atoms with van der Waals surface area (Å²) in [7, 11) is 0. The van der Waals surface area contributed by atoms with Crippen LogP contribution in [0.5, 0.6) is 0 Å². The van der Waals surface area contributed by atoms with E-state index in [-0.39, 0.29) is 0 Å². The molecule has 1 aromatic carbocycles. The fourth-order valence-corrected chi connectivity index (χ4v) is 2.10. The second kappa shape index (κ2) is 4.52. The van der Waals surface area contributed by atoms with E-state index in [9.17, 15) is 0 Å². The first kappa shape index (κ1) is 10.9. The number of allylic oxidation sites excluding steroid dienone is 4. The van der Waals surface area contributed by atoms with Gasteiger partial charge < -0.3 is 0 Å². The number of aryl methyl sites for hydroxylation is 1. The van der Waals surface area contributed by atoms with E-state index in [0.29, 0.717) is 5.92 Å². The molecule has 0 N–H and O–H groups in total. The average molecular weight is 210 g/mol. The van der Waals surface area contributed by atoms with Crippen LogP contribution in [0.2, 0.25) is 0 Å². The summed E-state index contributed by atoms with van der Waals surface area (Å²) < 4.78 is 0. The molecule has 0 amide bonds. The molecular weight excluding hydrogens is 192 g/mol. The number of hydrogen-bond acceptors (Lipinski definition) is 0. The third-order valence-electron chi connectivity index (χ3n) is 2.88. The first-order valence-corrected chi connectivity index (χ1v) is 5.84. The molecule has 0 radical (unpaired) electrons. The van der Waals surface area contributed by atoms with Gasteiger partial charge >= 0.3 is 0 Å². The Morgan fingerprint density at radius 2 is 1.56 bits per heavy atom. The zero-order valence-corrected chi connectivity index (χ0v) is 10.2. The summed E-state index contributed by atoms with van der Waals surface area (Å²) in [5, 5.41) is 2.69. The second-order valence-corrected chi connectivity index (χ2v) is 4.61. The second-order valence-electron chi connectivity index (χ2n) is 4.61. The van der Waals surface area contributed by atoms with E-state index in [0.717, 1.165) is 0 Å². The normalized spacial score (nSPS) is 13.8. The summed E-state index contributed by atoms with van der Waals surface area (Å²) in [6.45, 7) is 6.67. The third kappa shape index (κ3) is 2.16. The number of benzene rings is 1. The lowest BCUT2D eigenvalue weighted by molar-refractivity contribution is 0.854. The van der Waals surface area contributed by atoms with Gasteiger partial charge in [0.05, 0.1) is 0 Å². The molecular formula is C16H18. The SMILES string of the molecule is Cc1cc(C(C)C)c2c(c1)=CC=CC=CC=2. The topological polar surface area (TPSA) is 0 Å². The molecule has 0 aliphatic heterocycles. The van der Waals surface area contributed by atoms with Gasteiger partial charge in [0.2, 0.25) is 0 Å². The fourth-order valence-electron chi connectivity index (χ4n) is 2.10. The first-order chi connectivity index (χ1) is 7.68. The van der Waals surface area contributed by atoms with Crippen molar-refractivity contribution < 1.29 is 0 Å². The first-order valence-electron chi connectivity index (χ1n) is 5.84. The fraction of sp³-hybridized carbons (Fsp3) is 0.250. The molecule has 0 nitrogen and oxygen atoms in total. The van der Waals surface area contributed by atoms with Gasteiger partial charge in [-0.25, -0.2) is 0 Å². The number of hydrogen-bond donors (Lipinski definition) is 0. The molecule has 1 aliphatic rings. The summed E-state index contributed by atoms with van der Waals surface area (Å²) in [4.78, 5) is 0. The lowest BCUT2D eigenvalue weighted by atomic mass is 9.96. The van der Waals surface area contributed by atoms with Gasteiger partial charge in [-0.15, -0.1) is 0 Å². The standard InChI is InChI=1S/C16H18/c1-12(2)16-11-13(3)10-14-8-6-4-5-7-9-15(14)16/h4-12H,1-3H3. The van der Waals surface area contributed by atoms with E-state index in [1.54, 1.807) is 0 Å². The molecule has 0 bridgehead atoms. The molecule has 2 rings (SSSR count). The van der Waals surface area contributed by atoms with Crippen LogP contribution in [0.3, 0.4) is 0 Å². The van der Waals surface area contributed by atoms with Crippen LogP contribution in [0.1, 0.15) is 30.9 Å². The van der Waals surface area contributed by atoms with Crippen LogP contribution >= 0.6 is 0 Å². The molecule has 0 fully saturated rings. The molecule has 1 aromatic rings. The molecule has 0 spiro atoms. The van der Waals surface area contributed by atoms with Crippen molar-refractivity contribution in [2.24, 2.45) is 0 Å². The van der Waals surface area contributed by atoms with Gasteiger partial charge in [0.25, 0.3) is 0 Å². The Morgan fingerprint density at radius 1 is 0.875 bits per heavy atom. The Labute approximate surface area is 97.3 Å². The van der Waals surface area contributed by atoms with Gasteiger partial charge in [-0.2, -0.15) is 0 Å². The van der Waals surface area contributed by atoms with Crippen molar-refractivity contribution in [3.8, 4) is 0 Å². The van der Waals surface area contributed by atoms with Gasteiger partial charge in [-0.05, 0) is 28.8 Å². The Morgan fingerprint density at radius 3 is 2.25 bits per heavy atom. The maximum atomic E-state index is 2.30. The zero-order chi connectivity index (χ0) is 11.5. The van der Waals surface area contributed by atoms with Gasteiger partial charge in [0, 0.05) is 0 Å².